The van der Waals surface area contributed by atoms with E-state index in [1.54, 1.807) is 0 Å². The highest BCUT2D eigenvalue weighted by atomic mass is 35.5. The molecule has 0 atom stereocenters. The van der Waals surface area contributed by atoms with Crippen LogP contribution in [0, 0.1) is 0 Å². The van der Waals surface area contributed by atoms with Crippen molar-refractivity contribution in [3.8, 4) is 0 Å². The predicted molar refractivity (Wildman–Crippen MR) is 93.1 cm³/mol. The van der Waals surface area contributed by atoms with E-state index in [-0.39, 0.29) is 6.09 Å². The molecule has 0 aliphatic carbocycles. The number of nitrogens with zero attached hydrogens (tertiary/aromatic N) is 1. The first-order valence-electron chi connectivity index (χ1n) is 8.08. The highest BCUT2D eigenvalue weighted by Gasteiger charge is 2.27. The second-order valence-electron chi connectivity index (χ2n) is 7.18. The molecule has 3 rings (SSSR count). The molecule has 0 bridgehead atoms. The molecule has 0 saturated carbocycles. The summed E-state index contributed by atoms with van der Waals surface area (Å²) in [6, 6.07) is 6.40. The molecular weight excluding hydrogens is 312 g/mol. The van der Waals surface area contributed by atoms with E-state index in [2.05, 4.69) is 23.2 Å². The van der Waals surface area contributed by atoms with Crippen LogP contribution in [0.1, 0.15) is 45.1 Å². The molecular formula is C18H23ClN2O2. The normalized spacial score (nSPS) is 16.8. The van der Waals surface area contributed by atoms with E-state index in [4.69, 9.17) is 16.3 Å². The summed E-state index contributed by atoms with van der Waals surface area (Å²) in [7, 11) is 0. The average Bonchev–Trinajstić information content (AvgIpc) is 2.87. The third kappa shape index (κ3) is 3.63. The number of rotatable bonds is 1. The van der Waals surface area contributed by atoms with Gasteiger partial charge >= 0.3 is 6.09 Å². The number of carbonyl (C=O) groups excluding carboxylic acids is 1. The van der Waals surface area contributed by atoms with Gasteiger partial charge in [0, 0.05) is 30.2 Å². The van der Waals surface area contributed by atoms with Gasteiger partial charge in [0.2, 0.25) is 0 Å². The van der Waals surface area contributed by atoms with Crippen LogP contribution >= 0.6 is 11.6 Å². The summed E-state index contributed by atoms with van der Waals surface area (Å²) in [6.07, 6.45) is 3.51. The number of halogens is 1. The highest BCUT2D eigenvalue weighted by Crippen LogP contribution is 2.32. The Hall–Kier alpha value is -1.68. The number of ether oxygens (including phenoxy) is 1. The lowest BCUT2D eigenvalue weighted by molar-refractivity contribution is 0.0205. The second kappa shape index (κ2) is 6.08. The largest absolute Gasteiger partial charge is 0.444 e. The highest BCUT2D eigenvalue weighted by molar-refractivity contribution is 6.35. The number of amides is 1. The van der Waals surface area contributed by atoms with Crippen LogP contribution in [0.15, 0.2) is 24.4 Å². The van der Waals surface area contributed by atoms with E-state index in [0.29, 0.717) is 5.92 Å². The second-order valence-corrected chi connectivity index (χ2v) is 7.59. The van der Waals surface area contributed by atoms with Crippen molar-refractivity contribution in [2.24, 2.45) is 0 Å². The van der Waals surface area contributed by atoms with Gasteiger partial charge in [0.05, 0.1) is 5.02 Å². The number of piperidine rings is 1. The van der Waals surface area contributed by atoms with Crippen molar-refractivity contribution in [1.29, 1.82) is 0 Å². The van der Waals surface area contributed by atoms with E-state index >= 15 is 0 Å². The number of hydrogen-bond acceptors (Lipinski definition) is 2. The number of fused-ring (bicyclic) bond motifs is 1. The van der Waals surface area contributed by atoms with Crippen molar-refractivity contribution in [2.45, 2.75) is 45.1 Å². The van der Waals surface area contributed by atoms with Gasteiger partial charge < -0.3 is 14.6 Å². The van der Waals surface area contributed by atoms with Gasteiger partial charge in [-0.2, -0.15) is 0 Å². The van der Waals surface area contributed by atoms with E-state index in [9.17, 15) is 4.79 Å². The molecule has 1 N–H and O–H groups in total. The molecule has 1 amide bonds. The van der Waals surface area contributed by atoms with Crippen LogP contribution in [0.2, 0.25) is 5.02 Å². The van der Waals surface area contributed by atoms with E-state index in [1.165, 1.54) is 5.56 Å². The smallest absolute Gasteiger partial charge is 0.410 e. The number of aromatic amines is 1. The molecule has 4 nitrogen and oxygen atoms in total. The summed E-state index contributed by atoms with van der Waals surface area (Å²) >= 11 is 6.21. The van der Waals surface area contributed by atoms with Crippen LogP contribution in [0.4, 0.5) is 4.79 Å². The molecule has 1 aliphatic rings. The Balaban J connectivity index is 1.66. The Morgan fingerprint density at radius 3 is 2.65 bits per heavy atom. The number of carbonyl (C=O) groups is 1. The van der Waals surface area contributed by atoms with Crippen molar-refractivity contribution >= 4 is 28.6 Å². The fourth-order valence-electron chi connectivity index (χ4n) is 3.08. The Morgan fingerprint density at radius 1 is 1.30 bits per heavy atom. The standard InChI is InChI=1S/C18H23ClN2O2/c1-18(2,3)23-17(22)21-8-6-12(7-9-21)13-4-5-16-14(10-13)15(19)11-20-16/h4-5,10-12,20H,6-9H2,1-3H3. The summed E-state index contributed by atoms with van der Waals surface area (Å²) in [4.78, 5) is 17.1. The predicted octanol–water partition coefficient (Wildman–Crippen LogP) is 4.94. The Morgan fingerprint density at radius 2 is 2.00 bits per heavy atom. The number of H-pyrrole nitrogens is 1. The number of likely N-dealkylation sites (tertiary alicyclic amines) is 1. The fraction of sp³-hybridized carbons (Fsp3) is 0.500. The van der Waals surface area contributed by atoms with Crippen LogP contribution in [-0.4, -0.2) is 34.7 Å². The number of aromatic nitrogens is 1. The van der Waals surface area contributed by atoms with Gasteiger partial charge in [0.25, 0.3) is 0 Å². The lowest BCUT2D eigenvalue weighted by atomic mass is 9.89. The summed E-state index contributed by atoms with van der Waals surface area (Å²) in [5.74, 6) is 0.462. The molecule has 124 valence electrons. The average molecular weight is 335 g/mol. The molecule has 23 heavy (non-hydrogen) atoms. The fourth-order valence-corrected chi connectivity index (χ4v) is 3.29. The van der Waals surface area contributed by atoms with Crippen molar-refractivity contribution in [3.63, 3.8) is 0 Å². The Bertz CT molecular complexity index is 709. The summed E-state index contributed by atoms with van der Waals surface area (Å²) in [5.41, 5.74) is 1.91. The molecule has 2 aromatic rings. The minimum Gasteiger partial charge on any atom is -0.444 e. The van der Waals surface area contributed by atoms with Crippen molar-refractivity contribution in [1.82, 2.24) is 9.88 Å². The zero-order valence-corrected chi connectivity index (χ0v) is 14.6. The molecule has 2 heterocycles. The monoisotopic (exact) mass is 334 g/mol. The molecule has 1 fully saturated rings. The van der Waals surface area contributed by atoms with Crippen molar-refractivity contribution in [3.05, 3.63) is 35.0 Å². The van der Waals surface area contributed by atoms with Gasteiger partial charge in [-0.05, 0) is 57.2 Å². The molecule has 1 saturated heterocycles. The maximum atomic E-state index is 12.1. The Labute approximate surface area is 141 Å². The van der Waals surface area contributed by atoms with Gasteiger partial charge in [-0.3, -0.25) is 0 Å². The minimum absolute atomic E-state index is 0.208. The number of hydrogen-bond donors (Lipinski definition) is 1. The van der Waals surface area contributed by atoms with Gasteiger partial charge in [-0.25, -0.2) is 4.79 Å². The first-order chi connectivity index (χ1) is 10.8. The van der Waals surface area contributed by atoms with E-state index in [1.807, 2.05) is 31.9 Å². The SMILES string of the molecule is CC(C)(C)OC(=O)N1CCC(c2ccc3[nH]cc(Cl)c3c2)CC1. The number of nitrogens with one attached hydrogen (secondary N) is 1. The quantitative estimate of drug-likeness (QED) is 0.803. The zero-order chi connectivity index (χ0) is 16.6. The molecule has 5 heteroatoms. The molecule has 0 spiro atoms. The van der Waals surface area contributed by atoms with E-state index in [0.717, 1.165) is 41.9 Å². The molecule has 1 aliphatic heterocycles. The first-order valence-corrected chi connectivity index (χ1v) is 8.46. The third-order valence-corrected chi connectivity index (χ3v) is 4.59. The lowest BCUT2D eigenvalue weighted by Crippen LogP contribution is -2.41. The molecule has 0 unspecified atom stereocenters. The van der Waals surface area contributed by atoms with Gasteiger partial charge in [0.1, 0.15) is 5.60 Å². The van der Waals surface area contributed by atoms with Gasteiger partial charge in [0.15, 0.2) is 0 Å². The maximum absolute atomic E-state index is 12.1. The van der Waals surface area contributed by atoms with Crippen LogP contribution in [0.3, 0.4) is 0 Å². The van der Waals surface area contributed by atoms with Crippen LogP contribution in [0.25, 0.3) is 10.9 Å². The topological polar surface area (TPSA) is 45.3 Å². The van der Waals surface area contributed by atoms with Gasteiger partial charge in [-0.15, -0.1) is 0 Å². The van der Waals surface area contributed by atoms with Crippen LogP contribution < -0.4 is 0 Å². The van der Waals surface area contributed by atoms with Crippen molar-refractivity contribution < 1.29 is 9.53 Å². The summed E-state index contributed by atoms with van der Waals surface area (Å²) in [6.45, 7) is 7.16. The lowest BCUT2D eigenvalue weighted by Gasteiger charge is -2.33. The van der Waals surface area contributed by atoms with Gasteiger partial charge in [-0.1, -0.05) is 17.7 Å². The third-order valence-electron chi connectivity index (χ3n) is 4.27. The zero-order valence-electron chi connectivity index (χ0n) is 13.9. The van der Waals surface area contributed by atoms with Crippen LogP contribution in [-0.2, 0) is 4.74 Å². The van der Waals surface area contributed by atoms with Crippen molar-refractivity contribution in [2.75, 3.05) is 13.1 Å². The number of benzene rings is 1. The summed E-state index contributed by atoms with van der Waals surface area (Å²) in [5, 5.41) is 1.83. The first kappa shape index (κ1) is 16.2. The summed E-state index contributed by atoms with van der Waals surface area (Å²) < 4.78 is 5.45. The van der Waals surface area contributed by atoms with Crippen LogP contribution in [0.5, 0.6) is 0 Å². The molecule has 1 aromatic heterocycles. The molecule has 1 aromatic carbocycles. The maximum Gasteiger partial charge on any atom is 0.410 e. The Kier molecular flexibility index (Phi) is 4.28. The molecule has 0 radical (unpaired) electrons. The van der Waals surface area contributed by atoms with E-state index < -0.39 is 5.60 Å². The minimum atomic E-state index is -0.440.